The van der Waals surface area contributed by atoms with Crippen LogP contribution in [0.3, 0.4) is 0 Å². The molecule has 3 rings (SSSR count). The highest BCUT2D eigenvalue weighted by Gasteiger charge is 2.15. The molecule has 0 aliphatic heterocycles. The first-order valence-electron chi connectivity index (χ1n) is 8.31. The van der Waals surface area contributed by atoms with Crippen LogP contribution in [0.15, 0.2) is 42.5 Å². The molecule has 0 radical (unpaired) electrons. The van der Waals surface area contributed by atoms with Gasteiger partial charge < -0.3 is 5.32 Å². The van der Waals surface area contributed by atoms with Crippen LogP contribution in [0.4, 0.5) is 5.13 Å². The zero-order chi connectivity index (χ0) is 16.9. The standard InChI is InChI=1S/C19H21N3OS/c1-3-13(4-2)18-21-22-19(24-18)20-17(23)12-15-10-7-9-14-8-5-6-11-16(14)15/h5-11,13H,3-4,12H2,1-2H3,(H,20,22,23). The van der Waals surface area contributed by atoms with Gasteiger partial charge in [-0.15, -0.1) is 10.2 Å². The normalized spacial score (nSPS) is 11.1. The van der Waals surface area contributed by atoms with Crippen molar-refractivity contribution in [3.63, 3.8) is 0 Å². The molecule has 24 heavy (non-hydrogen) atoms. The number of anilines is 1. The number of aromatic nitrogens is 2. The third kappa shape index (κ3) is 3.62. The predicted octanol–water partition coefficient (Wildman–Crippen LogP) is 4.78. The van der Waals surface area contributed by atoms with Gasteiger partial charge in [-0.25, -0.2) is 0 Å². The Hall–Kier alpha value is -2.27. The number of amides is 1. The molecule has 1 heterocycles. The van der Waals surface area contributed by atoms with E-state index in [4.69, 9.17) is 0 Å². The molecule has 4 nitrogen and oxygen atoms in total. The van der Waals surface area contributed by atoms with Crippen molar-refractivity contribution in [2.45, 2.75) is 39.0 Å². The maximum absolute atomic E-state index is 12.4. The molecule has 0 aliphatic rings. The summed E-state index contributed by atoms with van der Waals surface area (Å²) < 4.78 is 0. The Balaban J connectivity index is 1.71. The summed E-state index contributed by atoms with van der Waals surface area (Å²) in [5, 5.41) is 15.1. The van der Waals surface area contributed by atoms with Gasteiger partial charge in [-0.3, -0.25) is 4.79 Å². The van der Waals surface area contributed by atoms with Crippen molar-refractivity contribution in [2.75, 3.05) is 5.32 Å². The van der Waals surface area contributed by atoms with E-state index >= 15 is 0 Å². The van der Waals surface area contributed by atoms with Gasteiger partial charge in [-0.05, 0) is 29.2 Å². The van der Waals surface area contributed by atoms with Crippen LogP contribution in [0.1, 0.15) is 43.2 Å². The van der Waals surface area contributed by atoms with Crippen molar-refractivity contribution in [3.05, 3.63) is 53.0 Å². The van der Waals surface area contributed by atoms with E-state index in [0.29, 0.717) is 17.5 Å². The molecule has 0 spiro atoms. The van der Waals surface area contributed by atoms with Gasteiger partial charge >= 0.3 is 0 Å². The number of carbonyl (C=O) groups excluding carboxylic acids is 1. The maximum Gasteiger partial charge on any atom is 0.230 e. The third-order valence-corrected chi connectivity index (χ3v) is 5.25. The number of benzene rings is 2. The molecule has 1 N–H and O–H groups in total. The molecular formula is C19H21N3OS. The Morgan fingerprint density at radius 3 is 2.62 bits per heavy atom. The second-order valence-electron chi connectivity index (χ2n) is 5.82. The molecular weight excluding hydrogens is 318 g/mol. The maximum atomic E-state index is 12.4. The fourth-order valence-electron chi connectivity index (χ4n) is 2.87. The number of carbonyl (C=O) groups is 1. The zero-order valence-corrected chi connectivity index (χ0v) is 14.8. The first kappa shape index (κ1) is 16.6. The molecule has 0 bridgehead atoms. The molecule has 0 saturated carbocycles. The Kier molecular flexibility index (Phi) is 5.20. The zero-order valence-electron chi connectivity index (χ0n) is 14.0. The van der Waals surface area contributed by atoms with Crippen LogP contribution < -0.4 is 5.32 Å². The number of fused-ring (bicyclic) bond motifs is 1. The minimum Gasteiger partial charge on any atom is -0.300 e. The van der Waals surface area contributed by atoms with Gasteiger partial charge in [-0.2, -0.15) is 0 Å². The SMILES string of the molecule is CCC(CC)c1nnc(NC(=O)Cc2cccc3ccccc23)s1. The summed E-state index contributed by atoms with van der Waals surface area (Å²) in [6.07, 6.45) is 2.41. The predicted molar refractivity (Wildman–Crippen MR) is 99.5 cm³/mol. The van der Waals surface area contributed by atoms with E-state index in [0.717, 1.165) is 34.2 Å². The molecule has 2 aromatic carbocycles. The van der Waals surface area contributed by atoms with Crippen LogP contribution >= 0.6 is 11.3 Å². The van der Waals surface area contributed by atoms with Crippen LogP contribution in [0.25, 0.3) is 10.8 Å². The van der Waals surface area contributed by atoms with E-state index in [1.54, 1.807) is 0 Å². The van der Waals surface area contributed by atoms with Crippen molar-refractivity contribution in [1.29, 1.82) is 0 Å². The lowest BCUT2D eigenvalue weighted by Gasteiger charge is -2.07. The summed E-state index contributed by atoms with van der Waals surface area (Å²) >= 11 is 1.48. The van der Waals surface area contributed by atoms with Crippen molar-refractivity contribution in [3.8, 4) is 0 Å². The van der Waals surface area contributed by atoms with Gasteiger partial charge in [0, 0.05) is 5.92 Å². The van der Waals surface area contributed by atoms with E-state index < -0.39 is 0 Å². The number of hydrogen-bond donors (Lipinski definition) is 1. The summed E-state index contributed by atoms with van der Waals surface area (Å²) in [4.78, 5) is 12.4. The summed E-state index contributed by atoms with van der Waals surface area (Å²) in [5.41, 5.74) is 1.02. The summed E-state index contributed by atoms with van der Waals surface area (Å²) in [7, 11) is 0. The highest BCUT2D eigenvalue weighted by atomic mass is 32.1. The van der Waals surface area contributed by atoms with Gasteiger partial charge in [0.2, 0.25) is 11.0 Å². The van der Waals surface area contributed by atoms with Gasteiger partial charge in [0.15, 0.2) is 0 Å². The fourth-order valence-corrected chi connectivity index (χ4v) is 3.90. The highest BCUT2D eigenvalue weighted by molar-refractivity contribution is 7.15. The first-order chi connectivity index (χ1) is 11.7. The highest BCUT2D eigenvalue weighted by Crippen LogP contribution is 2.28. The number of rotatable bonds is 6. The summed E-state index contributed by atoms with van der Waals surface area (Å²) in [5.74, 6) is 0.366. The lowest BCUT2D eigenvalue weighted by Crippen LogP contribution is -2.14. The van der Waals surface area contributed by atoms with Gasteiger partial charge in [0.05, 0.1) is 6.42 Å². The fraction of sp³-hybridized carbons (Fsp3) is 0.316. The van der Waals surface area contributed by atoms with Crippen LogP contribution in [-0.4, -0.2) is 16.1 Å². The molecule has 1 aromatic heterocycles. The van der Waals surface area contributed by atoms with E-state index in [2.05, 4.69) is 41.5 Å². The quantitative estimate of drug-likeness (QED) is 0.703. The molecule has 0 aliphatic carbocycles. The second-order valence-corrected chi connectivity index (χ2v) is 6.83. The average molecular weight is 339 g/mol. The van der Waals surface area contributed by atoms with Gasteiger partial charge in [-0.1, -0.05) is 67.6 Å². The van der Waals surface area contributed by atoms with Crippen molar-refractivity contribution >= 4 is 33.1 Å². The lowest BCUT2D eigenvalue weighted by atomic mass is 10.0. The van der Waals surface area contributed by atoms with Crippen molar-refractivity contribution in [2.24, 2.45) is 0 Å². The Bertz CT molecular complexity index is 834. The molecule has 0 fully saturated rings. The smallest absolute Gasteiger partial charge is 0.230 e. The van der Waals surface area contributed by atoms with Gasteiger partial charge in [0.25, 0.3) is 0 Å². The van der Waals surface area contributed by atoms with Crippen molar-refractivity contribution < 1.29 is 4.79 Å². The number of nitrogens with one attached hydrogen (secondary N) is 1. The largest absolute Gasteiger partial charge is 0.300 e. The van der Waals surface area contributed by atoms with Crippen LogP contribution in [0.5, 0.6) is 0 Å². The van der Waals surface area contributed by atoms with E-state index in [1.165, 1.54) is 11.3 Å². The number of hydrogen-bond acceptors (Lipinski definition) is 4. The third-order valence-electron chi connectivity index (χ3n) is 4.25. The minimum atomic E-state index is -0.0569. The van der Waals surface area contributed by atoms with Crippen LogP contribution in [-0.2, 0) is 11.2 Å². The van der Waals surface area contributed by atoms with E-state index in [-0.39, 0.29) is 5.91 Å². The minimum absolute atomic E-state index is 0.0569. The average Bonchev–Trinajstić information content (AvgIpc) is 3.04. The molecule has 124 valence electrons. The Morgan fingerprint density at radius 1 is 1.08 bits per heavy atom. The Labute approximate surface area is 145 Å². The second kappa shape index (κ2) is 7.53. The molecule has 0 saturated heterocycles. The molecule has 1 amide bonds. The van der Waals surface area contributed by atoms with E-state index in [9.17, 15) is 4.79 Å². The molecule has 5 heteroatoms. The van der Waals surface area contributed by atoms with Crippen molar-refractivity contribution in [1.82, 2.24) is 10.2 Å². The van der Waals surface area contributed by atoms with Crippen LogP contribution in [0.2, 0.25) is 0 Å². The monoisotopic (exact) mass is 339 g/mol. The van der Waals surface area contributed by atoms with E-state index in [1.807, 2.05) is 30.3 Å². The topological polar surface area (TPSA) is 54.9 Å². The first-order valence-corrected chi connectivity index (χ1v) is 9.12. The molecule has 3 aromatic rings. The lowest BCUT2D eigenvalue weighted by molar-refractivity contribution is -0.115. The summed E-state index contributed by atoms with van der Waals surface area (Å²) in [6.45, 7) is 4.29. The molecule has 0 atom stereocenters. The Morgan fingerprint density at radius 2 is 1.83 bits per heavy atom. The number of nitrogens with zero attached hydrogens (tertiary/aromatic N) is 2. The van der Waals surface area contributed by atoms with Gasteiger partial charge in [0.1, 0.15) is 5.01 Å². The van der Waals surface area contributed by atoms with Crippen LogP contribution in [0, 0.1) is 0 Å². The summed E-state index contributed by atoms with van der Waals surface area (Å²) in [6, 6.07) is 14.2. The molecule has 0 unspecified atom stereocenters.